The van der Waals surface area contributed by atoms with Crippen LogP contribution in [0.25, 0.3) is 0 Å². The zero-order valence-electron chi connectivity index (χ0n) is 5.75. The van der Waals surface area contributed by atoms with Gasteiger partial charge in [-0.05, 0) is 19.0 Å². The van der Waals surface area contributed by atoms with Crippen LogP contribution < -0.4 is 10.5 Å². The predicted octanol–water partition coefficient (Wildman–Crippen LogP) is 1.01. The van der Waals surface area contributed by atoms with E-state index in [-0.39, 0.29) is 0 Å². The Bertz CT molecular complexity index is 160. The van der Waals surface area contributed by atoms with Crippen LogP contribution in [0.4, 0.5) is 0 Å². The molecular formula is C7H11NO2. The van der Waals surface area contributed by atoms with Gasteiger partial charge in [0.1, 0.15) is 0 Å². The molecule has 0 fully saturated rings. The van der Waals surface area contributed by atoms with E-state index in [1.165, 1.54) is 0 Å². The lowest BCUT2D eigenvalue weighted by molar-refractivity contribution is 0.241. The summed E-state index contributed by atoms with van der Waals surface area (Å²) in [5.74, 6) is 0.563. The first kappa shape index (κ1) is 7.15. The van der Waals surface area contributed by atoms with E-state index in [0.717, 1.165) is 6.42 Å². The van der Waals surface area contributed by atoms with Gasteiger partial charge in [0.2, 0.25) is 0 Å². The smallest absolute Gasteiger partial charge is 0.284 e. The zero-order chi connectivity index (χ0) is 7.23. The molecule has 56 valence electrons. The van der Waals surface area contributed by atoms with Crippen LogP contribution in [-0.4, -0.2) is 13.2 Å². The van der Waals surface area contributed by atoms with Crippen LogP contribution in [0.15, 0.2) is 22.8 Å². The van der Waals surface area contributed by atoms with Crippen molar-refractivity contribution >= 4 is 0 Å². The first-order chi connectivity index (χ1) is 4.93. The van der Waals surface area contributed by atoms with Crippen LogP contribution in [0, 0.1) is 0 Å². The van der Waals surface area contributed by atoms with Crippen molar-refractivity contribution in [2.24, 2.45) is 5.73 Å². The molecule has 0 unspecified atom stereocenters. The second-order valence-corrected chi connectivity index (χ2v) is 1.92. The van der Waals surface area contributed by atoms with E-state index < -0.39 is 0 Å². The normalized spacial score (nSPS) is 9.70. The molecule has 1 aromatic heterocycles. The third kappa shape index (κ3) is 2.11. The Morgan fingerprint density at radius 3 is 3.10 bits per heavy atom. The Morgan fingerprint density at radius 1 is 1.60 bits per heavy atom. The largest absolute Gasteiger partial charge is 0.465 e. The molecule has 0 saturated carbocycles. The third-order valence-corrected chi connectivity index (χ3v) is 1.09. The van der Waals surface area contributed by atoms with Gasteiger partial charge in [-0.15, -0.1) is 0 Å². The Kier molecular flexibility index (Phi) is 2.83. The topological polar surface area (TPSA) is 48.4 Å². The highest BCUT2D eigenvalue weighted by Crippen LogP contribution is 2.09. The van der Waals surface area contributed by atoms with Gasteiger partial charge >= 0.3 is 0 Å². The number of ether oxygens (including phenoxy) is 1. The first-order valence-corrected chi connectivity index (χ1v) is 3.30. The van der Waals surface area contributed by atoms with Gasteiger partial charge < -0.3 is 14.9 Å². The molecule has 2 N–H and O–H groups in total. The average Bonchev–Trinajstić information content (AvgIpc) is 2.41. The Labute approximate surface area is 59.8 Å². The van der Waals surface area contributed by atoms with Crippen LogP contribution >= 0.6 is 0 Å². The molecule has 0 aromatic carbocycles. The van der Waals surface area contributed by atoms with E-state index in [1.54, 1.807) is 18.4 Å². The van der Waals surface area contributed by atoms with Gasteiger partial charge in [-0.3, -0.25) is 0 Å². The standard InChI is InChI=1S/C7H11NO2/c8-4-2-6-10-7-3-1-5-9-7/h1,3,5H,2,4,6,8H2. The summed E-state index contributed by atoms with van der Waals surface area (Å²) in [7, 11) is 0. The van der Waals surface area contributed by atoms with E-state index in [1.807, 2.05) is 0 Å². The molecule has 0 spiro atoms. The Morgan fingerprint density at radius 2 is 2.50 bits per heavy atom. The van der Waals surface area contributed by atoms with Crippen molar-refractivity contribution in [1.29, 1.82) is 0 Å². The molecule has 0 radical (unpaired) electrons. The molecule has 0 aliphatic rings. The van der Waals surface area contributed by atoms with Gasteiger partial charge in [0.25, 0.3) is 5.95 Å². The molecular weight excluding hydrogens is 130 g/mol. The van der Waals surface area contributed by atoms with Crippen molar-refractivity contribution in [3.05, 3.63) is 18.4 Å². The Balaban J connectivity index is 2.15. The number of nitrogens with two attached hydrogens (primary N) is 1. The summed E-state index contributed by atoms with van der Waals surface area (Å²) in [4.78, 5) is 0. The highest BCUT2D eigenvalue weighted by atomic mass is 16.6. The van der Waals surface area contributed by atoms with Crippen LogP contribution in [0.2, 0.25) is 0 Å². The highest BCUT2D eigenvalue weighted by Gasteiger charge is 1.92. The van der Waals surface area contributed by atoms with E-state index in [0.29, 0.717) is 19.1 Å². The van der Waals surface area contributed by atoms with Crippen LogP contribution in [0.3, 0.4) is 0 Å². The maximum absolute atomic E-state index is 5.26. The van der Waals surface area contributed by atoms with Crippen molar-refractivity contribution in [3.63, 3.8) is 0 Å². The monoisotopic (exact) mass is 141 g/mol. The summed E-state index contributed by atoms with van der Waals surface area (Å²) in [5, 5.41) is 0. The van der Waals surface area contributed by atoms with Gasteiger partial charge in [0.15, 0.2) is 0 Å². The summed E-state index contributed by atoms with van der Waals surface area (Å²) in [5.41, 5.74) is 5.26. The summed E-state index contributed by atoms with van der Waals surface area (Å²) >= 11 is 0. The first-order valence-electron chi connectivity index (χ1n) is 3.30. The molecule has 1 rings (SSSR count). The van der Waals surface area contributed by atoms with Gasteiger partial charge in [-0.2, -0.15) is 0 Å². The Hall–Kier alpha value is -0.960. The number of rotatable bonds is 4. The molecule has 0 saturated heterocycles. The lowest BCUT2D eigenvalue weighted by Gasteiger charge is -1.98. The predicted molar refractivity (Wildman–Crippen MR) is 37.9 cm³/mol. The quantitative estimate of drug-likeness (QED) is 0.636. The fraction of sp³-hybridized carbons (Fsp3) is 0.429. The maximum atomic E-state index is 5.26. The molecule has 0 aliphatic heterocycles. The van der Waals surface area contributed by atoms with Crippen molar-refractivity contribution < 1.29 is 9.15 Å². The zero-order valence-corrected chi connectivity index (χ0v) is 5.75. The minimum absolute atomic E-state index is 0.563. The second-order valence-electron chi connectivity index (χ2n) is 1.92. The van der Waals surface area contributed by atoms with E-state index in [2.05, 4.69) is 0 Å². The molecule has 1 aromatic rings. The van der Waals surface area contributed by atoms with Crippen molar-refractivity contribution in [1.82, 2.24) is 0 Å². The average molecular weight is 141 g/mol. The fourth-order valence-electron chi connectivity index (χ4n) is 0.602. The second kappa shape index (κ2) is 3.95. The summed E-state index contributed by atoms with van der Waals surface area (Å²) in [6, 6.07) is 3.56. The number of furan rings is 1. The molecule has 3 heteroatoms. The van der Waals surface area contributed by atoms with Gasteiger partial charge in [0, 0.05) is 6.07 Å². The van der Waals surface area contributed by atoms with Crippen molar-refractivity contribution in [2.75, 3.05) is 13.2 Å². The molecule has 0 amide bonds. The molecule has 1 heterocycles. The van der Waals surface area contributed by atoms with E-state index in [9.17, 15) is 0 Å². The van der Waals surface area contributed by atoms with E-state index >= 15 is 0 Å². The summed E-state index contributed by atoms with van der Waals surface area (Å²) < 4.78 is 10.1. The maximum Gasteiger partial charge on any atom is 0.284 e. The van der Waals surface area contributed by atoms with Gasteiger partial charge in [-0.25, -0.2) is 0 Å². The molecule has 0 atom stereocenters. The highest BCUT2D eigenvalue weighted by molar-refractivity contribution is 5.03. The summed E-state index contributed by atoms with van der Waals surface area (Å²) in [6.07, 6.45) is 2.44. The summed E-state index contributed by atoms with van der Waals surface area (Å²) in [6.45, 7) is 1.28. The van der Waals surface area contributed by atoms with Crippen molar-refractivity contribution in [3.8, 4) is 5.95 Å². The lowest BCUT2D eigenvalue weighted by atomic mass is 10.5. The van der Waals surface area contributed by atoms with E-state index in [4.69, 9.17) is 14.9 Å². The number of hydrogen-bond acceptors (Lipinski definition) is 3. The number of hydrogen-bond donors (Lipinski definition) is 1. The minimum Gasteiger partial charge on any atom is -0.465 e. The van der Waals surface area contributed by atoms with Crippen LogP contribution in [0.1, 0.15) is 6.42 Å². The minimum atomic E-state index is 0.563. The fourth-order valence-corrected chi connectivity index (χ4v) is 0.602. The third-order valence-electron chi connectivity index (χ3n) is 1.09. The SMILES string of the molecule is NCCCOc1ccco1. The molecule has 10 heavy (non-hydrogen) atoms. The molecule has 0 aliphatic carbocycles. The lowest BCUT2D eigenvalue weighted by Crippen LogP contribution is -2.05. The van der Waals surface area contributed by atoms with Crippen LogP contribution in [0.5, 0.6) is 5.95 Å². The van der Waals surface area contributed by atoms with Crippen molar-refractivity contribution in [2.45, 2.75) is 6.42 Å². The van der Waals surface area contributed by atoms with Gasteiger partial charge in [0.05, 0.1) is 12.9 Å². The molecule has 0 bridgehead atoms. The molecule has 3 nitrogen and oxygen atoms in total. The van der Waals surface area contributed by atoms with Crippen LogP contribution in [-0.2, 0) is 0 Å². The van der Waals surface area contributed by atoms with Gasteiger partial charge in [-0.1, -0.05) is 0 Å².